The van der Waals surface area contributed by atoms with Crippen LogP contribution in [0.2, 0.25) is 0 Å². The molecule has 2 nitrogen and oxygen atoms in total. The Morgan fingerprint density at radius 2 is 1.46 bits per heavy atom. The molecule has 0 aliphatic heterocycles. The van der Waals surface area contributed by atoms with E-state index >= 15 is 0 Å². The summed E-state index contributed by atoms with van der Waals surface area (Å²) in [4.78, 5) is 0. The number of hydrogen-bond acceptors (Lipinski definition) is 2. The molecule has 0 unspecified atom stereocenters. The van der Waals surface area contributed by atoms with Crippen molar-refractivity contribution in [1.29, 1.82) is 0 Å². The Balaban J connectivity index is 1.68. The largest absolute Gasteiger partial charge is 0.228 e. The van der Waals surface area contributed by atoms with Crippen LogP contribution in [0.3, 0.4) is 0 Å². The highest BCUT2D eigenvalue weighted by molar-refractivity contribution is 7.91. The Morgan fingerprint density at radius 1 is 0.846 bits per heavy atom. The van der Waals surface area contributed by atoms with Crippen molar-refractivity contribution in [2.24, 2.45) is 0 Å². The molecule has 1 aliphatic rings. The second-order valence-electron chi connectivity index (χ2n) is 7.88. The van der Waals surface area contributed by atoms with Crippen LogP contribution in [0.5, 0.6) is 0 Å². The molecule has 1 aliphatic carbocycles. The quantitative estimate of drug-likeness (QED) is 0.718. The monoisotopic (exact) mass is 370 g/mol. The zero-order chi connectivity index (χ0) is 18.7. The maximum Gasteiger partial charge on any atom is 0.156 e. The minimum atomic E-state index is -3.03. The first kappa shape index (κ1) is 19.2. The maximum absolute atomic E-state index is 12.1. The van der Waals surface area contributed by atoms with E-state index in [2.05, 4.69) is 31.2 Å². The average Bonchev–Trinajstić information content (AvgIpc) is 2.62. The average molecular weight is 371 g/mol. The number of aryl methyl sites for hydroxylation is 3. The molecule has 0 heterocycles. The molecule has 0 spiro atoms. The SMILES string of the molecule is Cc1ccc(CCc2ccc(CS(=O)(=O)C(C)C)cc2)c2c1CCCC2. The molecule has 0 N–H and O–H groups in total. The first-order valence-electron chi connectivity index (χ1n) is 9.76. The smallest absolute Gasteiger partial charge is 0.156 e. The van der Waals surface area contributed by atoms with Gasteiger partial charge in [-0.25, -0.2) is 8.42 Å². The van der Waals surface area contributed by atoms with Crippen LogP contribution in [-0.4, -0.2) is 13.7 Å². The minimum absolute atomic E-state index is 0.135. The van der Waals surface area contributed by atoms with E-state index in [1.54, 1.807) is 25.0 Å². The van der Waals surface area contributed by atoms with E-state index in [0.29, 0.717) is 0 Å². The van der Waals surface area contributed by atoms with E-state index in [1.807, 2.05) is 12.1 Å². The van der Waals surface area contributed by atoms with Gasteiger partial charge in [-0.15, -0.1) is 0 Å². The second kappa shape index (κ2) is 7.96. The fourth-order valence-electron chi connectivity index (χ4n) is 3.84. The number of fused-ring (bicyclic) bond motifs is 1. The maximum atomic E-state index is 12.1. The molecule has 3 rings (SSSR count). The molecule has 0 saturated carbocycles. The Kier molecular flexibility index (Phi) is 5.86. The summed E-state index contributed by atoms with van der Waals surface area (Å²) < 4.78 is 24.1. The molecule has 140 valence electrons. The normalized spacial score (nSPS) is 14.5. The molecular weight excluding hydrogens is 340 g/mol. The van der Waals surface area contributed by atoms with Crippen molar-refractivity contribution in [1.82, 2.24) is 0 Å². The summed E-state index contributed by atoms with van der Waals surface area (Å²) in [6.07, 6.45) is 7.14. The Hall–Kier alpha value is -1.61. The van der Waals surface area contributed by atoms with Crippen LogP contribution in [-0.2, 0) is 41.3 Å². The van der Waals surface area contributed by atoms with E-state index < -0.39 is 9.84 Å². The molecular formula is C23H30O2S. The van der Waals surface area contributed by atoms with Gasteiger partial charge in [-0.2, -0.15) is 0 Å². The Morgan fingerprint density at radius 3 is 2.12 bits per heavy atom. The van der Waals surface area contributed by atoms with Gasteiger partial charge in [0.2, 0.25) is 0 Å². The summed E-state index contributed by atoms with van der Waals surface area (Å²) in [5.74, 6) is 0.135. The number of benzene rings is 2. The van der Waals surface area contributed by atoms with Gasteiger partial charge < -0.3 is 0 Å². The summed E-state index contributed by atoms with van der Waals surface area (Å²) in [7, 11) is -3.03. The zero-order valence-electron chi connectivity index (χ0n) is 16.2. The molecule has 2 aromatic rings. The van der Waals surface area contributed by atoms with Gasteiger partial charge in [0.1, 0.15) is 0 Å². The highest BCUT2D eigenvalue weighted by Gasteiger charge is 2.17. The minimum Gasteiger partial charge on any atom is -0.228 e. The molecule has 0 fully saturated rings. The summed E-state index contributed by atoms with van der Waals surface area (Å²) in [6, 6.07) is 12.7. The standard InChI is InChI=1S/C23H30O2S/c1-17(2)26(24,25)16-20-11-9-19(10-12-20)13-15-21-14-8-18(3)22-6-4-5-7-23(21)22/h8-12,14,17H,4-7,13,15-16H2,1-3H3. The van der Waals surface area contributed by atoms with Gasteiger partial charge in [0.05, 0.1) is 11.0 Å². The third kappa shape index (κ3) is 4.37. The number of hydrogen-bond donors (Lipinski definition) is 0. The van der Waals surface area contributed by atoms with Crippen molar-refractivity contribution < 1.29 is 8.42 Å². The lowest BCUT2D eigenvalue weighted by Crippen LogP contribution is -2.16. The third-order valence-electron chi connectivity index (χ3n) is 5.66. The summed E-state index contributed by atoms with van der Waals surface area (Å²) in [5, 5.41) is -0.324. The lowest BCUT2D eigenvalue weighted by molar-refractivity contribution is 0.586. The van der Waals surface area contributed by atoms with Gasteiger partial charge in [0, 0.05) is 0 Å². The zero-order valence-corrected chi connectivity index (χ0v) is 17.0. The van der Waals surface area contributed by atoms with Crippen molar-refractivity contribution in [2.45, 2.75) is 70.3 Å². The van der Waals surface area contributed by atoms with E-state index in [0.717, 1.165) is 18.4 Å². The van der Waals surface area contributed by atoms with E-state index in [9.17, 15) is 8.42 Å². The number of sulfone groups is 1. The van der Waals surface area contributed by atoms with Crippen LogP contribution < -0.4 is 0 Å². The molecule has 26 heavy (non-hydrogen) atoms. The molecule has 0 saturated heterocycles. The van der Waals surface area contributed by atoms with Gasteiger partial charge in [-0.3, -0.25) is 0 Å². The second-order valence-corrected chi connectivity index (χ2v) is 10.4. The molecule has 0 aromatic heterocycles. The lowest BCUT2D eigenvalue weighted by atomic mass is 9.84. The molecule has 3 heteroatoms. The first-order chi connectivity index (χ1) is 12.4. The third-order valence-corrected chi connectivity index (χ3v) is 7.83. The predicted octanol–water partition coefficient (Wildman–Crippen LogP) is 4.98. The van der Waals surface area contributed by atoms with Crippen LogP contribution in [0.15, 0.2) is 36.4 Å². The number of rotatable bonds is 6. The Bertz CT molecular complexity index is 862. The topological polar surface area (TPSA) is 34.1 Å². The highest BCUT2D eigenvalue weighted by Crippen LogP contribution is 2.28. The highest BCUT2D eigenvalue weighted by atomic mass is 32.2. The summed E-state index contributed by atoms with van der Waals surface area (Å²) in [6.45, 7) is 5.72. The van der Waals surface area contributed by atoms with Crippen LogP contribution in [0.25, 0.3) is 0 Å². The van der Waals surface area contributed by atoms with Crippen molar-refractivity contribution in [3.63, 3.8) is 0 Å². The van der Waals surface area contributed by atoms with Crippen LogP contribution in [0, 0.1) is 6.92 Å². The molecule has 0 radical (unpaired) electrons. The van der Waals surface area contributed by atoms with Gasteiger partial charge in [-0.05, 0) is 92.7 Å². The molecule has 2 aromatic carbocycles. The first-order valence-corrected chi connectivity index (χ1v) is 11.5. The fraction of sp³-hybridized carbons (Fsp3) is 0.478. The van der Waals surface area contributed by atoms with E-state index in [1.165, 1.54) is 42.4 Å². The van der Waals surface area contributed by atoms with Gasteiger partial charge in [0.15, 0.2) is 9.84 Å². The van der Waals surface area contributed by atoms with Crippen molar-refractivity contribution >= 4 is 9.84 Å². The van der Waals surface area contributed by atoms with Crippen LogP contribution in [0.1, 0.15) is 60.1 Å². The van der Waals surface area contributed by atoms with Crippen molar-refractivity contribution in [3.8, 4) is 0 Å². The van der Waals surface area contributed by atoms with Crippen molar-refractivity contribution in [2.75, 3.05) is 0 Å². The molecule has 0 amide bonds. The van der Waals surface area contributed by atoms with Gasteiger partial charge in [-0.1, -0.05) is 36.4 Å². The van der Waals surface area contributed by atoms with Gasteiger partial charge in [0.25, 0.3) is 0 Å². The molecule has 0 bridgehead atoms. The van der Waals surface area contributed by atoms with Crippen molar-refractivity contribution in [3.05, 3.63) is 69.8 Å². The molecule has 0 atom stereocenters. The van der Waals surface area contributed by atoms with Crippen LogP contribution in [0.4, 0.5) is 0 Å². The van der Waals surface area contributed by atoms with E-state index in [4.69, 9.17) is 0 Å². The van der Waals surface area contributed by atoms with Crippen LogP contribution >= 0.6 is 0 Å². The van der Waals surface area contributed by atoms with E-state index in [-0.39, 0.29) is 11.0 Å². The lowest BCUT2D eigenvalue weighted by Gasteiger charge is -2.21. The fourth-order valence-corrected chi connectivity index (χ4v) is 4.83. The Labute approximate surface area is 158 Å². The predicted molar refractivity (Wildman–Crippen MR) is 109 cm³/mol. The summed E-state index contributed by atoms with van der Waals surface area (Å²) in [5.41, 5.74) is 8.28. The summed E-state index contributed by atoms with van der Waals surface area (Å²) >= 11 is 0. The van der Waals surface area contributed by atoms with Gasteiger partial charge >= 0.3 is 0 Å².